The molecule has 0 unspecified atom stereocenters. The molecule has 0 aliphatic carbocycles. The molecule has 0 aromatic carbocycles. The molecular weight excluding hydrogens is 296 g/mol. The topological polar surface area (TPSA) is 84.0 Å². The molecule has 108 valence electrons. The molecule has 0 spiro atoms. The van der Waals surface area contributed by atoms with Crippen molar-refractivity contribution in [2.45, 2.75) is 25.3 Å². The number of hydrogen-bond acceptors (Lipinski definition) is 6. The van der Waals surface area contributed by atoms with Gasteiger partial charge in [-0.25, -0.2) is 23.1 Å². The lowest BCUT2D eigenvalue weighted by atomic mass is 10.3. The van der Waals surface area contributed by atoms with Gasteiger partial charge in [0.25, 0.3) is 0 Å². The maximum absolute atomic E-state index is 11.6. The fourth-order valence-corrected chi connectivity index (χ4v) is 3.18. The number of hydrogen-bond donors (Lipinski definition) is 2. The van der Waals surface area contributed by atoms with E-state index in [1.165, 1.54) is 24.2 Å². The van der Waals surface area contributed by atoms with Crippen LogP contribution < -0.4 is 10.0 Å². The highest BCUT2D eigenvalue weighted by Crippen LogP contribution is 2.17. The summed E-state index contributed by atoms with van der Waals surface area (Å²) in [6.07, 6.45) is 1.33. The molecule has 2 N–H and O–H groups in total. The van der Waals surface area contributed by atoms with Gasteiger partial charge in [0, 0.05) is 11.1 Å². The molecule has 0 saturated heterocycles. The quantitative estimate of drug-likeness (QED) is 0.877. The Morgan fingerprint density at radius 2 is 2.05 bits per heavy atom. The summed E-state index contributed by atoms with van der Waals surface area (Å²) < 4.78 is 25.4. The van der Waals surface area contributed by atoms with Crippen molar-refractivity contribution in [2.24, 2.45) is 0 Å². The maximum Gasteiger partial charge on any atom is 0.241 e. The van der Waals surface area contributed by atoms with Crippen LogP contribution in [0.4, 0.5) is 5.82 Å². The Kier molecular flexibility index (Phi) is 4.36. The van der Waals surface area contributed by atoms with Crippen LogP contribution in [0.3, 0.4) is 0 Å². The second-order valence-corrected chi connectivity index (χ2v) is 7.47. The first-order valence-corrected chi connectivity index (χ1v) is 8.28. The van der Waals surface area contributed by atoms with Gasteiger partial charge in [0.1, 0.15) is 10.7 Å². The molecule has 0 fully saturated rings. The van der Waals surface area contributed by atoms with Crippen molar-refractivity contribution in [2.75, 3.05) is 12.4 Å². The van der Waals surface area contributed by atoms with Gasteiger partial charge in [0.15, 0.2) is 0 Å². The molecule has 0 bridgehead atoms. The van der Waals surface area contributed by atoms with Gasteiger partial charge in [-0.15, -0.1) is 11.3 Å². The van der Waals surface area contributed by atoms with E-state index in [4.69, 9.17) is 0 Å². The number of anilines is 1. The number of thiazole rings is 1. The first kappa shape index (κ1) is 14.9. The van der Waals surface area contributed by atoms with E-state index < -0.39 is 10.0 Å². The van der Waals surface area contributed by atoms with Crippen LogP contribution in [0.15, 0.2) is 23.2 Å². The first-order chi connectivity index (χ1) is 9.42. The van der Waals surface area contributed by atoms with Gasteiger partial charge in [-0.05, 0) is 33.0 Å². The Morgan fingerprint density at radius 1 is 1.30 bits per heavy atom. The molecule has 2 aromatic heterocycles. The minimum Gasteiger partial charge on any atom is -0.364 e. The zero-order chi connectivity index (χ0) is 14.8. The highest BCUT2D eigenvalue weighted by molar-refractivity contribution is 7.89. The lowest BCUT2D eigenvalue weighted by Crippen LogP contribution is -2.18. The van der Waals surface area contributed by atoms with Crippen LogP contribution in [0.25, 0.3) is 0 Å². The van der Waals surface area contributed by atoms with E-state index in [0.29, 0.717) is 12.4 Å². The van der Waals surface area contributed by atoms with E-state index in [0.717, 1.165) is 10.7 Å². The third-order valence-electron chi connectivity index (χ3n) is 2.75. The average Bonchev–Trinajstić information content (AvgIpc) is 2.75. The van der Waals surface area contributed by atoms with E-state index in [2.05, 4.69) is 20.0 Å². The van der Waals surface area contributed by atoms with Crippen molar-refractivity contribution < 1.29 is 8.42 Å². The second-order valence-electron chi connectivity index (χ2n) is 4.18. The summed E-state index contributed by atoms with van der Waals surface area (Å²) in [5, 5.41) is 4.16. The highest BCUT2D eigenvalue weighted by atomic mass is 32.2. The summed E-state index contributed by atoms with van der Waals surface area (Å²) in [6.45, 7) is 4.57. The minimum absolute atomic E-state index is 0.145. The number of pyridine rings is 1. The molecule has 8 heteroatoms. The van der Waals surface area contributed by atoms with Crippen molar-refractivity contribution in [1.29, 1.82) is 0 Å². The lowest BCUT2D eigenvalue weighted by molar-refractivity contribution is 0.588. The molecular formula is C12H16N4O2S2. The number of aromatic nitrogens is 2. The molecule has 0 saturated carbocycles. The molecule has 20 heavy (non-hydrogen) atoms. The molecule has 0 atom stereocenters. The third-order valence-corrected chi connectivity index (χ3v) is 5.08. The van der Waals surface area contributed by atoms with E-state index in [9.17, 15) is 8.42 Å². The maximum atomic E-state index is 11.6. The Bertz CT molecular complexity index is 693. The summed E-state index contributed by atoms with van der Waals surface area (Å²) in [4.78, 5) is 9.82. The van der Waals surface area contributed by atoms with E-state index >= 15 is 0 Å². The fraction of sp³-hybridized carbons (Fsp3) is 0.333. The molecule has 0 aliphatic rings. The van der Waals surface area contributed by atoms with Gasteiger partial charge in [-0.3, -0.25) is 0 Å². The van der Waals surface area contributed by atoms with E-state index in [1.807, 2.05) is 13.8 Å². The van der Waals surface area contributed by atoms with Crippen molar-refractivity contribution in [3.8, 4) is 0 Å². The van der Waals surface area contributed by atoms with Gasteiger partial charge in [0.2, 0.25) is 10.0 Å². The van der Waals surface area contributed by atoms with Crippen LogP contribution in [-0.4, -0.2) is 25.4 Å². The monoisotopic (exact) mass is 312 g/mol. The molecule has 0 aliphatic heterocycles. The standard InChI is InChI=1S/C12H16N4O2S2/c1-8-11(16-9(2)19-8)7-15-12-5-4-10(6-14-12)20(17,18)13-3/h4-6,13H,7H2,1-3H3,(H,14,15). The van der Waals surface area contributed by atoms with Crippen molar-refractivity contribution in [3.63, 3.8) is 0 Å². The molecule has 2 aromatic rings. The van der Waals surface area contributed by atoms with Crippen LogP contribution in [0.1, 0.15) is 15.6 Å². The van der Waals surface area contributed by atoms with Crippen LogP contribution in [-0.2, 0) is 16.6 Å². The molecule has 2 rings (SSSR count). The zero-order valence-electron chi connectivity index (χ0n) is 11.5. The summed E-state index contributed by atoms with van der Waals surface area (Å²) in [7, 11) is -2.07. The molecule has 6 nitrogen and oxygen atoms in total. The van der Waals surface area contributed by atoms with Crippen LogP contribution in [0.2, 0.25) is 0 Å². The summed E-state index contributed by atoms with van der Waals surface area (Å²) in [5.41, 5.74) is 0.987. The normalized spacial score (nSPS) is 11.6. The van der Waals surface area contributed by atoms with Gasteiger partial charge in [-0.1, -0.05) is 0 Å². The Hall–Kier alpha value is -1.51. The number of sulfonamides is 1. The zero-order valence-corrected chi connectivity index (χ0v) is 13.1. The minimum atomic E-state index is -3.44. The van der Waals surface area contributed by atoms with Gasteiger partial charge < -0.3 is 5.32 Å². The van der Waals surface area contributed by atoms with Crippen LogP contribution in [0.5, 0.6) is 0 Å². The Balaban J connectivity index is 2.06. The Labute approximate surface area is 122 Å². The van der Waals surface area contributed by atoms with Gasteiger partial charge >= 0.3 is 0 Å². The van der Waals surface area contributed by atoms with Gasteiger partial charge in [-0.2, -0.15) is 0 Å². The second kappa shape index (κ2) is 5.86. The number of nitrogens with zero attached hydrogens (tertiary/aromatic N) is 2. The number of aryl methyl sites for hydroxylation is 2. The predicted molar refractivity (Wildman–Crippen MR) is 79.4 cm³/mol. The third kappa shape index (κ3) is 3.33. The largest absolute Gasteiger partial charge is 0.364 e. The van der Waals surface area contributed by atoms with Crippen molar-refractivity contribution in [3.05, 3.63) is 33.9 Å². The lowest BCUT2D eigenvalue weighted by Gasteiger charge is -2.06. The highest BCUT2D eigenvalue weighted by Gasteiger charge is 2.11. The fourth-order valence-electron chi connectivity index (χ4n) is 1.67. The Morgan fingerprint density at radius 3 is 2.55 bits per heavy atom. The van der Waals surface area contributed by atoms with Crippen LogP contribution in [0, 0.1) is 13.8 Å². The average molecular weight is 312 g/mol. The summed E-state index contributed by atoms with van der Waals surface area (Å²) in [6, 6.07) is 3.15. The molecule has 2 heterocycles. The van der Waals surface area contributed by atoms with Crippen molar-refractivity contribution >= 4 is 27.2 Å². The van der Waals surface area contributed by atoms with Gasteiger partial charge in [0.05, 0.1) is 17.2 Å². The molecule has 0 radical (unpaired) electrons. The summed E-state index contributed by atoms with van der Waals surface area (Å²) in [5.74, 6) is 0.616. The van der Waals surface area contributed by atoms with Crippen molar-refractivity contribution in [1.82, 2.24) is 14.7 Å². The molecule has 0 amide bonds. The predicted octanol–water partition coefficient (Wildman–Crippen LogP) is 1.68. The van der Waals surface area contributed by atoms with E-state index in [-0.39, 0.29) is 4.90 Å². The SMILES string of the molecule is CNS(=O)(=O)c1ccc(NCc2nc(C)sc2C)nc1. The first-order valence-electron chi connectivity index (χ1n) is 5.99. The van der Waals surface area contributed by atoms with Crippen LogP contribution >= 0.6 is 11.3 Å². The smallest absolute Gasteiger partial charge is 0.241 e. The van der Waals surface area contributed by atoms with E-state index in [1.54, 1.807) is 17.4 Å². The summed E-state index contributed by atoms with van der Waals surface area (Å²) >= 11 is 1.65. The number of rotatable bonds is 5. The number of nitrogens with one attached hydrogen (secondary N) is 2.